The molecule has 1 fully saturated rings. The molecule has 1 aromatic carbocycles. The van der Waals surface area contributed by atoms with Crippen molar-refractivity contribution in [2.24, 2.45) is 0 Å². The molecule has 1 aliphatic rings. The van der Waals surface area contributed by atoms with E-state index in [1.807, 2.05) is 19.1 Å². The van der Waals surface area contributed by atoms with Gasteiger partial charge in [0.1, 0.15) is 5.75 Å². The number of hydrogen-bond donors (Lipinski definition) is 2. The third kappa shape index (κ3) is 2.79. The van der Waals surface area contributed by atoms with Gasteiger partial charge in [-0.05, 0) is 31.0 Å². The van der Waals surface area contributed by atoms with Crippen LogP contribution in [0.5, 0.6) is 5.75 Å². The molecule has 1 saturated heterocycles. The third-order valence-electron chi connectivity index (χ3n) is 3.63. The van der Waals surface area contributed by atoms with Gasteiger partial charge in [0.25, 0.3) is 0 Å². The van der Waals surface area contributed by atoms with Crippen LogP contribution in [0.3, 0.4) is 0 Å². The molecule has 2 N–H and O–H groups in total. The van der Waals surface area contributed by atoms with E-state index in [2.05, 4.69) is 17.1 Å². The summed E-state index contributed by atoms with van der Waals surface area (Å²) in [6.45, 7) is 8.11. The molecule has 1 aromatic rings. The van der Waals surface area contributed by atoms with E-state index >= 15 is 0 Å². The Hall–Kier alpha value is -0.770. The summed E-state index contributed by atoms with van der Waals surface area (Å²) in [7, 11) is 0. The first kappa shape index (κ1) is 13.7. The average Bonchev–Trinajstić information content (AvgIpc) is 2.37. The Kier molecular flexibility index (Phi) is 4.49. The van der Waals surface area contributed by atoms with Crippen LogP contribution < -0.4 is 5.32 Å². The van der Waals surface area contributed by atoms with Crippen molar-refractivity contribution in [3.8, 4) is 5.75 Å². The van der Waals surface area contributed by atoms with Gasteiger partial charge in [-0.1, -0.05) is 18.5 Å². The minimum absolute atomic E-state index is 0.254. The maximum absolute atomic E-state index is 10.3. The molecule has 1 heterocycles. The molecule has 18 heavy (non-hydrogen) atoms. The Morgan fingerprint density at radius 3 is 2.67 bits per heavy atom. The molecule has 0 spiro atoms. The topological polar surface area (TPSA) is 35.5 Å². The Morgan fingerprint density at radius 2 is 2.06 bits per heavy atom. The number of phenols is 1. The number of benzene rings is 1. The second-order valence-electron chi connectivity index (χ2n) is 4.87. The molecular weight excluding hydrogens is 248 g/mol. The summed E-state index contributed by atoms with van der Waals surface area (Å²) in [6, 6.07) is 3.97. The lowest BCUT2D eigenvalue weighted by Gasteiger charge is -2.35. The van der Waals surface area contributed by atoms with E-state index in [0.717, 1.165) is 43.7 Å². The van der Waals surface area contributed by atoms with E-state index in [4.69, 9.17) is 11.6 Å². The summed E-state index contributed by atoms with van der Waals surface area (Å²) in [6.07, 6.45) is 0.980. The molecule has 100 valence electrons. The van der Waals surface area contributed by atoms with E-state index < -0.39 is 0 Å². The molecule has 0 saturated carbocycles. The van der Waals surface area contributed by atoms with Crippen LogP contribution in [0.4, 0.5) is 0 Å². The molecule has 2 rings (SSSR count). The van der Waals surface area contributed by atoms with Gasteiger partial charge in [0.05, 0.1) is 0 Å². The van der Waals surface area contributed by atoms with Gasteiger partial charge in [-0.15, -0.1) is 0 Å². The highest BCUT2D eigenvalue weighted by molar-refractivity contribution is 6.30. The predicted octanol–water partition coefficient (Wildman–Crippen LogP) is 2.71. The first-order chi connectivity index (χ1) is 8.63. The van der Waals surface area contributed by atoms with Crippen LogP contribution in [0.2, 0.25) is 5.02 Å². The van der Waals surface area contributed by atoms with Gasteiger partial charge in [-0.3, -0.25) is 4.90 Å². The number of piperazine rings is 1. The fourth-order valence-corrected chi connectivity index (χ4v) is 2.97. The third-order valence-corrected chi connectivity index (χ3v) is 3.85. The summed E-state index contributed by atoms with van der Waals surface area (Å²) in [5, 5.41) is 14.3. The van der Waals surface area contributed by atoms with Crippen LogP contribution in [0.15, 0.2) is 12.1 Å². The Balaban J connectivity index is 2.31. The first-order valence-corrected chi connectivity index (χ1v) is 6.95. The van der Waals surface area contributed by atoms with Gasteiger partial charge in [0, 0.05) is 42.8 Å². The lowest BCUT2D eigenvalue weighted by atomic mass is 9.98. The normalized spacial score (nSPS) is 18.8. The van der Waals surface area contributed by atoms with Crippen LogP contribution in [0.25, 0.3) is 0 Å². The molecule has 0 radical (unpaired) electrons. The van der Waals surface area contributed by atoms with E-state index in [1.54, 1.807) is 0 Å². The second-order valence-corrected chi connectivity index (χ2v) is 5.31. The number of halogens is 1. The molecule has 1 atom stereocenters. The van der Waals surface area contributed by atoms with Crippen molar-refractivity contribution >= 4 is 11.6 Å². The van der Waals surface area contributed by atoms with Crippen LogP contribution in [-0.4, -0.2) is 36.2 Å². The van der Waals surface area contributed by atoms with Crippen molar-refractivity contribution in [1.29, 1.82) is 0 Å². The molecular formula is C14H21ClN2O. The van der Waals surface area contributed by atoms with E-state index in [0.29, 0.717) is 10.8 Å². The smallest absolute Gasteiger partial charge is 0.123 e. The van der Waals surface area contributed by atoms with Gasteiger partial charge in [-0.25, -0.2) is 0 Å². The summed E-state index contributed by atoms with van der Waals surface area (Å²) >= 11 is 6.12. The van der Waals surface area contributed by atoms with Crippen molar-refractivity contribution in [2.75, 3.05) is 26.2 Å². The van der Waals surface area contributed by atoms with Crippen molar-refractivity contribution in [1.82, 2.24) is 10.2 Å². The maximum atomic E-state index is 10.3. The average molecular weight is 269 g/mol. The van der Waals surface area contributed by atoms with Gasteiger partial charge in [0.2, 0.25) is 0 Å². The van der Waals surface area contributed by atoms with Gasteiger partial charge in [-0.2, -0.15) is 0 Å². The number of nitrogens with zero attached hydrogens (tertiary/aromatic N) is 1. The molecule has 0 unspecified atom stereocenters. The van der Waals surface area contributed by atoms with Gasteiger partial charge >= 0.3 is 0 Å². The van der Waals surface area contributed by atoms with Crippen LogP contribution in [-0.2, 0) is 0 Å². The zero-order chi connectivity index (χ0) is 13.1. The quantitative estimate of drug-likeness (QED) is 0.885. The van der Waals surface area contributed by atoms with E-state index in [1.165, 1.54) is 0 Å². The van der Waals surface area contributed by atoms with Crippen molar-refractivity contribution in [3.63, 3.8) is 0 Å². The molecule has 0 aromatic heterocycles. The summed E-state index contributed by atoms with van der Waals surface area (Å²) < 4.78 is 0. The summed E-state index contributed by atoms with van der Waals surface area (Å²) in [5.41, 5.74) is 1.82. The number of aryl methyl sites for hydroxylation is 1. The Bertz CT molecular complexity index is 417. The molecule has 1 aliphatic heterocycles. The van der Waals surface area contributed by atoms with Crippen molar-refractivity contribution < 1.29 is 5.11 Å². The highest BCUT2D eigenvalue weighted by atomic mass is 35.5. The van der Waals surface area contributed by atoms with Crippen molar-refractivity contribution in [2.45, 2.75) is 26.3 Å². The molecule has 4 heteroatoms. The summed E-state index contributed by atoms with van der Waals surface area (Å²) in [4.78, 5) is 2.42. The molecule has 0 amide bonds. The zero-order valence-corrected chi connectivity index (χ0v) is 11.8. The fraction of sp³-hybridized carbons (Fsp3) is 0.571. The SMILES string of the molecule is CC[C@@H](c1cc(Cl)cc(C)c1O)N1CCNCC1. The number of phenolic OH excluding ortho intramolecular Hbond substituents is 1. The van der Waals surface area contributed by atoms with Gasteiger partial charge < -0.3 is 10.4 Å². The van der Waals surface area contributed by atoms with Crippen LogP contribution >= 0.6 is 11.6 Å². The second kappa shape index (κ2) is 5.91. The maximum Gasteiger partial charge on any atom is 0.123 e. The molecule has 0 aliphatic carbocycles. The number of nitrogens with one attached hydrogen (secondary N) is 1. The molecule has 0 bridgehead atoms. The lowest BCUT2D eigenvalue weighted by Crippen LogP contribution is -2.45. The van der Waals surface area contributed by atoms with Crippen LogP contribution in [0, 0.1) is 6.92 Å². The zero-order valence-electron chi connectivity index (χ0n) is 11.0. The summed E-state index contributed by atoms with van der Waals surface area (Å²) in [5.74, 6) is 0.393. The fourth-order valence-electron chi connectivity index (χ4n) is 2.68. The lowest BCUT2D eigenvalue weighted by molar-refractivity contribution is 0.167. The monoisotopic (exact) mass is 268 g/mol. The number of hydrogen-bond acceptors (Lipinski definition) is 3. The largest absolute Gasteiger partial charge is 0.507 e. The van der Waals surface area contributed by atoms with E-state index in [9.17, 15) is 5.11 Å². The Labute approximate surface area is 114 Å². The molecule has 3 nitrogen and oxygen atoms in total. The van der Waals surface area contributed by atoms with Crippen molar-refractivity contribution in [3.05, 3.63) is 28.3 Å². The highest BCUT2D eigenvalue weighted by Crippen LogP contribution is 2.35. The minimum atomic E-state index is 0.254. The van der Waals surface area contributed by atoms with E-state index in [-0.39, 0.29) is 6.04 Å². The number of rotatable bonds is 3. The Morgan fingerprint density at radius 1 is 1.39 bits per heavy atom. The minimum Gasteiger partial charge on any atom is -0.507 e. The highest BCUT2D eigenvalue weighted by Gasteiger charge is 2.23. The predicted molar refractivity (Wildman–Crippen MR) is 75.3 cm³/mol. The standard InChI is InChI=1S/C14H21ClN2O/c1-3-13(17-6-4-16-5-7-17)12-9-11(15)8-10(2)14(12)18/h8-9,13,16,18H,3-7H2,1-2H3/t13-/m0/s1. The number of aromatic hydroxyl groups is 1. The van der Waals surface area contributed by atoms with Gasteiger partial charge in [0.15, 0.2) is 0 Å². The first-order valence-electron chi connectivity index (χ1n) is 6.57. The van der Waals surface area contributed by atoms with Crippen LogP contribution in [0.1, 0.15) is 30.5 Å².